The quantitative estimate of drug-likeness (QED) is 0.707. The van der Waals surface area contributed by atoms with Gasteiger partial charge >= 0.3 is 0 Å². The number of hydrogen-bond donors (Lipinski definition) is 1. The van der Waals surface area contributed by atoms with Crippen LogP contribution in [-0.4, -0.2) is 76.8 Å². The number of aromatic nitrogens is 2. The molecule has 4 rings (SSSR count). The highest BCUT2D eigenvalue weighted by Gasteiger charge is 2.30. The lowest BCUT2D eigenvalue weighted by Crippen LogP contribution is -2.53. The monoisotopic (exact) mass is 439 g/mol. The van der Waals surface area contributed by atoms with Gasteiger partial charge in [-0.1, -0.05) is 30.3 Å². The summed E-state index contributed by atoms with van der Waals surface area (Å²) in [5.74, 6) is 0.101. The van der Waals surface area contributed by atoms with Gasteiger partial charge in [0.1, 0.15) is 6.10 Å². The van der Waals surface area contributed by atoms with Crippen molar-refractivity contribution in [1.82, 2.24) is 24.9 Å². The molecule has 8 heteroatoms. The molecule has 1 unspecified atom stereocenters. The van der Waals surface area contributed by atoms with Crippen LogP contribution in [0.25, 0.3) is 0 Å². The molecule has 1 N–H and O–H groups in total. The van der Waals surface area contributed by atoms with Crippen LogP contribution in [0, 0.1) is 13.8 Å². The first-order valence-electron chi connectivity index (χ1n) is 11.5. The first-order chi connectivity index (χ1) is 15.5. The van der Waals surface area contributed by atoms with Crippen LogP contribution in [0.2, 0.25) is 0 Å². The van der Waals surface area contributed by atoms with Crippen LogP contribution in [0.1, 0.15) is 35.4 Å². The van der Waals surface area contributed by atoms with Crippen LogP contribution in [0.4, 0.5) is 0 Å². The van der Waals surface area contributed by atoms with Gasteiger partial charge in [-0.3, -0.25) is 19.2 Å². The summed E-state index contributed by atoms with van der Waals surface area (Å²) < 4.78 is 7.51. The summed E-state index contributed by atoms with van der Waals surface area (Å²) in [6.45, 7) is 8.97. The van der Waals surface area contributed by atoms with E-state index in [1.165, 1.54) is 5.56 Å². The Morgan fingerprint density at radius 1 is 1.12 bits per heavy atom. The van der Waals surface area contributed by atoms with Gasteiger partial charge in [0, 0.05) is 50.6 Å². The average Bonchev–Trinajstić information content (AvgIpc) is 3.42. The Morgan fingerprint density at radius 2 is 1.88 bits per heavy atom. The fraction of sp³-hybridized carbons (Fsp3) is 0.542. The van der Waals surface area contributed by atoms with Crippen LogP contribution in [-0.2, 0) is 27.4 Å². The van der Waals surface area contributed by atoms with E-state index in [2.05, 4.69) is 34.4 Å². The summed E-state index contributed by atoms with van der Waals surface area (Å²) in [5, 5.41) is 7.71. The highest BCUT2D eigenvalue weighted by atomic mass is 16.5. The third-order valence-corrected chi connectivity index (χ3v) is 6.43. The van der Waals surface area contributed by atoms with Crippen LogP contribution in [0.5, 0.6) is 0 Å². The molecule has 172 valence electrons. The molecular formula is C24H33N5O3. The molecule has 8 nitrogen and oxygen atoms in total. The molecular weight excluding hydrogens is 406 g/mol. The van der Waals surface area contributed by atoms with Crippen molar-refractivity contribution >= 4 is 11.8 Å². The Labute approximate surface area is 189 Å². The second-order valence-corrected chi connectivity index (χ2v) is 8.67. The Hall–Kier alpha value is -2.71. The number of carbonyl (C=O) groups excluding carboxylic acids is 2. The molecule has 1 aromatic carbocycles. The zero-order valence-electron chi connectivity index (χ0n) is 19.0. The predicted octanol–water partition coefficient (Wildman–Crippen LogP) is 1.49. The van der Waals surface area contributed by atoms with Gasteiger partial charge in [-0.2, -0.15) is 5.10 Å². The summed E-state index contributed by atoms with van der Waals surface area (Å²) in [4.78, 5) is 29.0. The zero-order chi connectivity index (χ0) is 22.5. The summed E-state index contributed by atoms with van der Waals surface area (Å²) in [5.41, 5.74) is 4.29. The Kier molecular flexibility index (Phi) is 7.22. The third-order valence-electron chi connectivity index (χ3n) is 6.43. The molecule has 2 amide bonds. The first kappa shape index (κ1) is 22.5. The van der Waals surface area contributed by atoms with E-state index in [4.69, 9.17) is 4.74 Å². The lowest BCUT2D eigenvalue weighted by molar-refractivity contribution is -0.142. The minimum atomic E-state index is -0.265. The molecule has 0 spiro atoms. The molecule has 0 saturated carbocycles. The van der Waals surface area contributed by atoms with Gasteiger partial charge in [0.25, 0.3) is 5.91 Å². The van der Waals surface area contributed by atoms with Crippen molar-refractivity contribution in [2.75, 3.05) is 39.3 Å². The topological polar surface area (TPSA) is 79.7 Å². The molecule has 0 aliphatic carbocycles. The van der Waals surface area contributed by atoms with Crippen molar-refractivity contribution in [3.63, 3.8) is 0 Å². The number of ether oxygens (including phenoxy) is 1. The predicted molar refractivity (Wildman–Crippen MR) is 121 cm³/mol. The maximum atomic E-state index is 12.5. The maximum absolute atomic E-state index is 12.5. The number of carbonyl (C=O) groups is 2. The first-order valence-corrected chi connectivity index (χ1v) is 11.5. The normalized spacial score (nSPS) is 19.3. The minimum absolute atomic E-state index is 0.00138. The van der Waals surface area contributed by atoms with E-state index in [0.717, 1.165) is 36.3 Å². The van der Waals surface area contributed by atoms with Gasteiger partial charge in [-0.25, -0.2) is 0 Å². The molecule has 1 atom stereocenters. The fourth-order valence-corrected chi connectivity index (χ4v) is 4.45. The molecule has 2 aliphatic heterocycles. The number of aryl methyl sites for hydroxylation is 1. The lowest BCUT2D eigenvalue weighted by Gasteiger charge is -2.35. The summed E-state index contributed by atoms with van der Waals surface area (Å²) in [7, 11) is 0. The molecule has 2 fully saturated rings. The molecule has 2 saturated heterocycles. The number of piperazine rings is 1. The summed E-state index contributed by atoms with van der Waals surface area (Å²) in [6, 6.07) is 10.2. The van der Waals surface area contributed by atoms with E-state index < -0.39 is 0 Å². The molecule has 2 aliphatic rings. The zero-order valence-corrected chi connectivity index (χ0v) is 19.0. The number of benzene rings is 1. The van der Waals surface area contributed by atoms with Crippen LogP contribution >= 0.6 is 0 Å². The Morgan fingerprint density at radius 3 is 2.56 bits per heavy atom. The van der Waals surface area contributed by atoms with Crippen molar-refractivity contribution in [1.29, 1.82) is 0 Å². The average molecular weight is 440 g/mol. The molecule has 1 aromatic heterocycles. The SMILES string of the molecule is Cc1nn(Cc2ccccc2)c(C)c1CNC(=O)CN1CCN(C(=O)C2CCCO2)CC1. The van der Waals surface area contributed by atoms with Gasteiger partial charge in [0.05, 0.1) is 18.8 Å². The van der Waals surface area contributed by atoms with Crippen LogP contribution < -0.4 is 5.32 Å². The van der Waals surface area contributed by atoms with E-state index in [-0.39, 0.29) is 17.9 Å². The van der Waals surface area contributed by atoms with Gasteiger partial charge in [0.15, 0.2) is 0 Å². The van der Waals surface area contributed by atoms with Crippen molar-refractivity contribution in [2.24, 2.45) is 0 Å². The Balaban J connectivity index is 1.23. The highest BCUT2D eigenvalue weighted by molar-refractivity contribution is 5.81. The van der Waals surface area contributed by atoms with E-state index >= 15 is 0 Å². The smallest absolute Gasteiger partial charge is 0.251 e. The lowest BCUT2D eigenvalue weighted by atomic mass is 10.2. The summed E-state index contributed by atoms with van der Waals surface area (Å²) >= 11 is 0. The standard InChI is InChI=1S/C24H33N5O3/c1-18-21(19(2)29(26-18)16-20-7-4-3-5-8-20)15-25-23(30)17-27-10-12-28(13-11-27)24(31)22-9-6-14-32-22/h3-5,7-8,22H,6,9-17H2,1-2H3,(H,25,30). The van der Waals surface area contributed by atoms with Crippen molar-refractivity contribution < 1.29 is 14.3 Å². The van der Waals surface area contributed by atoms with E-state index in [9.17, 15) is 9.59 Å². The molecule has 0 radical (unpaired) electrons. The number of nitrogens with one attached hydrogen (secondary N) is 1. The number of amides is 2. The van der Waals surface area contributed by atoms with Gasteiger partial charge in [-0.05, 0) is 32.3 Å². The third kappa shape index (κ3) is 5.37. The summed E-state index contributed by atoms with van der Waals surface area (Å²) in [6.07, 6.45) is 1.52. The van der Waals surface area contributed by atoms with E-state index in [0.29, 0.717) is 45.9 Å². The van der Waals surface area contributed by atoms with Gasteiger partial charge < -0.3 is 15.0 Å². The van der Waals surface area contributed by atoms with Crippen molar-refractivity contribution in [3.05, 3.63) is 52.8 Å². The second-order valence-electron chi connectivity index (χ2n) is 8.67. The molecule has 0 bridgehead atoms. The molecule has 32 heavy (non-hydrogen) atoms. The fourth-order valence-electron chi connectivity index (χ4n) is 4.45. The largest absolute Gasteiger partial charge is 0.368 e. The highest BCUT2D eigenvalue weighted by Crippen LogP contribution is 2.17. The maximum Gasteiger partial charge on any atom is 0.251 e. The number of rotatable bonds is 7. The van der Waals surface area contributed by atoms with E-state index in [1.807, 2.05) is 34.7 Å². The second kappa shape index (κ2) is 10.3. The number of hydrogen-bond acceptors (Lipinski definition) is 5. The molecule has 2 aromatic rings. The Bertz CT molecular complexity index is 929. The van der Waals surface area contributed by atoms with Gasteiger partial charge in [-0.15, -0.1) is 0 Å². The van der Waals surface area contributed by atoms with Crippen molar-refractivity contribution in [2.45, 2.75) is 45.9 Å². The minimum Gasteiger partial charge on any atom is -0.368 e. The number of nitrogens with zero attached hydrogens (tertiary/aromatic N) is 4. The van der Waals surface area contributed by atoms with Crippen LogP contribution in [0.3, 0.4) is 0 Å². The molecule has 3 heterocycles. The van der Waals surface area contributed by atoms with Gasteiger partial charge in [0.2, 0.25) is 5.91 Å². The van der Waals surface area contributed by atoms with Crippen LogP contribution in [0.15, 0.2) is 30.3 Å². The van der Waals surface area contributed by atoms with E-state index in [1.54, 1.807) is 0 Å². The van der Waals surface area contributed by atoms with Crippen molar-refractivity contribution in [3.8, 4) is 0 Å².